The quantitative estimate of drug-likeness (QED) is 0.597. The van der Waals surface area contributed by atoms with Gasteiger partial charge in [-0.3, -0.25) is 14.9 Å². The van der Waals surface area contributed by atoms with Crippen LogP contribution in [0, 0.1) is 0 Å². The molecule has 10 nitrogen and oxygen atoms in total. The van der Waals surface area contributed by atoms with E-state index >= 15 is 0 Å². The lowest BCUT2D eigenvalue weighted by Gasteiger charge is -2.34. The van der Waals surface area contributed by atoms with E-state index in [-0.39, 0.29) is 18.1 Å². The van der Waals surface area contributed by atoms with Crippen LogP contribution in [-0.2, 0) is 9.53 Å². The highest BCUT2D eigenvalue weighted by molar-refractivity contribution is 8.01. The number of nitrogens with one attached hydrogen (secondary N) is 3. The Balaban J connectivity index is 1.42. The SMILES string of the molecule is CCOC(=O)NC(=O)c1ccsc1NC(=O)C1Nc2c(ccnc2N2CCN(C)CC2)S1. The molecule has 32 heavy (non-hydrogen) atoms. The number of carbonyl (C=O) groups excluding carboxylic acids is 3. The molecule has 2 aliphatic heterocycles. The van der Waals surface area contributed by atoms with E-state index in [1.54, 1.807) is 24.6 Å². The average Bonchev–Trinajstić information content (AvgIpc) is 3.41. The lowest BCUT2D eigenvalue weighted by molar-refractivity contribution is -0.115. The monoisotopic (exact) mass is 476 g/mol. The van der Waals surface area contributed by atoms with Gasteiger partial charge >= 0.3 is 6.09 Å². The number of ether oxygens (including phenoxy) is 1. The second kappa shape index (κ2) is 9.76. The molecule has 2 aliphatic rings. The van der Waals surface area contributed by atoms with Crippen molar-refractivity contribution in [3.8, 4) is 0 Å². The maximum absolute atomic E-state index is 13.0. The number of carbonyl (C=O) groups is 3. The number of thioether (sulfide) groups is 1. The predicted molar refractivity (Wildman–Crippen MR) is 125 cm³/mol. The summed E-state index contributed by atoms with van der Waals surface area (Å²) in [4.78, 5) is 46.8. The number of aromatic nitrogens is 1. The van der Waals surface area contributed by atoms with Gasteiger partial charge in [-0.05, 0) is 31.5 Å². The number of likely N-dealkylation sites (N-methyl/N-ethyl adjacent to an activating group) is 1. The largest absolute Gasteiger partial charge is 0.450 e. The van der Waals surface area contributed by atoms with E-state index in [4.69, 9.17) is 4.74 Å². The molecule has 170 valence electrons. The highest BCUT2D eigenvalue weighted by Crippen LogP contribution is 2.43. The topological polar surface area (TPSA) is 116 Å². The third-order valence-corrected chi connectivity index (χ3v) is 7.08. The molecule has 3 N–H and O–H groups in total. The van der Waals surface area contributed by atoms with Crippen molar-refractivity contribution in [2.24, 2.45) is 0 Å². The summed E-state index contributed by atoms with van der Waals surface area (Å²) in [7, 11) is 2.10. The number of rotatable bonds is 5. The van der Waals surface area contributed by atoms with E-state index in [1.807, 2.05) is 6.07 Å². The van der Waals surface area contributed by atoms with E-state index in [0.717, 1.165) is 42.6 Å². The number of hydrogen-bond donors (Lipinski definition) is 3. The maximum Gasteiger partial charge on any atom is 0.414 e. The number of alkyl carbamates (subject to hydrolysis) is 1. The Kier molecular flexibility index (Phi) is 6.82. The number of hydrogen-bond acceptors (Lipinski definition) is 10. The van der Waals surface area contributed by atoms with Crippen LogP contribution in [0.25, 0.3) is 0 Å². The van der Waals surface area contributed by atoms with E-state index in [0.29, 0.717) is 5.00 Å². The molecule has 3 amide bonds. The van der Waals surface area contributed by atoms with Gasteiger partial charge in [-0.2, -0.15) is 0 Å². The van der Waals surface area contributed by atoms with Gasteiger partial charge in [0, 0.05) is 37.3 Å². The summed E-state index contributed by atoms with van der Waals surface area (Å²) >= 11 is 2.61. The number of piperazine rings is 1. The normalized spacial score (nSPS) is 17.9. The molecule has 1 fully saturated rings. The summed E-state index contributed by atoms with van der Waals surface area (Å²) in [6.07, 6.45) is 0.937. The fraction of sp³-hybridized carbons (Fsp3) is 0.400. The van der Waals surface area contributed by atoms with Crippen LogP contribution in [0.5, 0.6) is 0 Å². The highest BCUT2D eigenvalue weighted by atomic mass is 32.2. The third kappa shape index (κ3) is 4.81. The number of fused-ring (bicyclic) bond motifs is 1. The van der Waals surface area contributed by atoms with Crippen LogP contribution in [0.4, 0.5) is 21.3 Å². The molecule has 2 aromatic rings. The van der Waals surface area contributed by atoms with Gasteiger partial charge in [-0.25, -0.2) is 9.78 Å². The number of thiophene rings is 1. The molecular weight excluding hydrogens is 452 g/mol. The van der Waals surface area contributed by atoms with Gasteiger partial charge in [0.2, 0.25) is 0 Å². The number of amides is 3. The van der Waals surface area contributed by atoms with Crippen molar-refractivity contribution < 1.29 is 19.1 Å². The predicted octanol–water partition coefficient (Wildman–Crippen LogP) is 2.26. The summed E-state index contributed by atoms with van der Waals surface area (Å²) in [5.74, 6) is -0.0657. The number of anilines is 3. The second-order valence-corrected chi connectivity index (χ2v) is 9.33. The van der Waals surface area contributed by atoms with Crippen LogP contribution in [0.3, 0.4) is 0 Å². The van der Waals surface area contributed by atoms with Crippen molar-refractivity contribution in [1.29, 1.82) is 0 Å². The summed E-state index contributed by atoms with van der Waals surface area (Å²) in [6, 6.07) is 3.44. The molecule has 0 spiro atoms. The summed E-state index contributed by atoms with van der Waals surface area (Å²) in [5.41, 5.74) is 1.06. The fourth-order valence-corrected chi connectivity index (χ4v) is 5.21. The minimum Gasteiger partial charge on any atom is -0.450 e. The molecule has 1 unspecified atom stereocenters. The van der Waals surface area contributed by atoms with E-state index in [2.05, 4.69) is 37.8 Å². The van der Waals surface area contributed by atoms with Gasteiger partial charge in [0.05, 0.1) is 17.9 Å². The van der Waals surface area contributed by atoms with Crippen LogP contribution in [0.1, 0.15) is 17.3 Å². The van der Waals surface area contributed by atoms with Gasteiger partial charge in [-0.1, -0.05) is 11.8 Å². The molecule has 4 rings (SSSR count). The van der Waals surface area contributed by atoms with Crippen LogP contribution in [-0.4, -0.2) is 73.0 Å². The molecule has 1 saturated heterocycles. The first-order valence-corrected chi connectivity index (χ1v) is 11.9. The average molecular weight is 477 g/mol. The zero-order valence-electron chi connectivity index (χ0n) is 17.7. The Morgan fingerprint density at radius 2 is 2.03 bits per heavy atom. The van der Waals surface area contributed by atoms with Gasteiger partial charge in [0.25, 0.3) is 11.8 Å². The Morgan fingerprint density at radius 1 is 1.25 bits per heavy atom. The lowest BCUT2D eigenvalue weighted by atomic mass is 10.3. The number of imide groups is 1. The van der Waals surface area contributed by atoms with Crippen molar-refractivity contribution >= 4 is 57.5 Å². The molecule has 2 aromatic heterocycles. The standard InChI is InChI=1S/C20H24N6O4S2/c1-3-30-20(29)24-16(27)12-5-11-31-18(12)23-17(28)19-22-14-13(32-19)4-6-21-15(14)26-9-7-25(2)8-10-26/h4-6,11,19,22H,3,7-10H2,1-2H3,(H,23,28)(H,24,27,29). The van der Waals surface area contributed by atoms with Gasteiger partial charge in [0.1, 0.15) is 5.00 Å². The van der Waals surface area contributed by atoms with E-state index in [1.165, 1.54) is 23.1 Å². The first-order valence-electron chi connectivity index (χ1n) is 10.2. The Hall–Kier alpha value is -2.83. The molecule has 1 atom stereocenters. The maximum atomic E-state index is 13.0. The minimum absolute atomic E-state index is 0.155. The molecule has 0 radical (unpaired) electrons. The molecule has 12 heteroatoms. The molecule has 0 aliphatic carbocycles. The van der Waals surface area contributed by atoms with Crippen molar-refractivity contribution in [2.75, 3.05) is 55.4 Å². The fourth-order valence-electron chi connectivity index (χ4n) is 3.42. The van der Waals surface area contributed by atoms with Crippen molar-refractivity contribution in [2.45, 2.75) is 17.2 Å². The highest BCUT2D eigenvalue weighted by Gasteiger charge is 2.32. The molecule has 0 saturated carbocycles. The molecule has 4 heterocycles. The summed E-state index contributed by atoms with van der Waals surface area (Å²) in [6.45, 7) is 5.46. The zero-order chi connectivity index (χ0) is 22.7. The van der Waals surface area contributed by atoms with Gasteiger partial charge in [-0.15, -0.1) is 11.3 Å². The van der Waals surface area contributed by atoms with Crippen molar-refractivity contribution in [3.63, 3.8) is 0 Å². The Labute approximate surface area is 193 Å². The van der Waals surface area contributed by atoms with Crippen molar-refractivity contribution in [3.05, 3.63) is 29.3 Å². The Bertz CT molecular complexity index is 1020. The summed E-state index contributed by atoms with van der Waals surface area (Å²) < 4.78 is 4.74. The van der Waals surface area contributed by atoms with E-state index < -0.39 is 17.4 Å². The van der Waals surface area contributed by atoms with Gasteiger partial charge < -0.3 is 25.2 Å². The second-order valence-electron chi connectivity index (χ2n) is 7.27. The van der Waals surface area contributed by atoms with Crippen LogP contribution >= 0.6 is 23.1 Å². The molecule has 0 aromatic carbocycles. The third-order valence-electron chi connectivity index (χ3n) is 5.09. The minimum atomic E-state index is -0.826. The summed E-state index contributed by atoms with van der Waals surface area (Å²) in [5, 5.41) is 9.71. The van der Waals surface area contributed by atoms with Crippen molar-refractivity contribution in [1.82, 2.24) is 15.2 Å². The van der Waals surface area contributed by atoms with E-state index in [9.17, 15) is 14.4 Å². The first kappa shape index (κ1) is 22.4. The lowest BCUT2D eigenvalue weighted by Crippen LogP contribution is -2.45. The van der Waals surface area contributed by atoms with Gasteiger partial charge in [0.15, 0.2) is 11.2 Å². The Morgan fingerprint density at radius 3 is 2.78 bits per heavy atom. The zero-order valence-corrected chi connectivity index (χ0v) is 19.3. The van der Waals surface area contributed by atoms with Crippen LogP contribution in [0.15, 0.2) is 28.6 Å². The van der Waals surface area contributed by atoms with Crippen LogP contribution in [0.2, 0.25) is 0 Å². The number of nitrogens with zero attached hydrogens (tertiary/aromatic N) is 3. The van der Waals surface area contributed by atoms with Crippen LogP contribution < -0.4 is 20.9 Å². The molecule has 0 bridgehead atoms. The smallest absolute Gasteiger partial charge is 0.414 e. The number of pyridine rings is 1. The molecular formula is C20H24N6O4S2. The first-order chi connectivity index (χ1) is 15.5.